The van der Waals surface area contributed by atoms with E-state index in [1.165, 1.54) is 28.6 Å². The summed E-state index contributed by atoms with van der Waals surface area (Å²) in [6.07, 6.45) is 0. The minimum atomic E-state index is -3.70. The lowest BCUT2D eigenvalue weighted by atomic mass is 10.1. The first-order valence-electron chi connectivity index (χ1n) is 9.00. The largest absolute Gasteiger partial charge is 0.282 e. The van der Waals surface area contributed by atoms with Gasteiger partial charge in [-0.1, -0.05) is 0 Å². The number of rotatable bonds is 5. The molecule has 0 aliphatic carbocycles. The van der Waals surface area contributed by atoms with Crippen LogP contribution in [0.2, 0.25) is 0 Å². The Balaban J connectivity index is 1.65. The molecular formula is C16H23N7O4S2. The van der Waals surface area contributed by atoms with Gasteiger partial charge in [0.25, 0.3) is 5.69 Å². The zero-order valence-electron chi connectivity index (χ0n) is 16.4. The second-order valence-corrected chi connectivity index (χ2v) is 10.1. The van der Waals surface area contributed by atoms with E-state index in [0.29, 0.717) is 37.6 Å². The van der Waals surface area contributed by atoms with Gasteiger partial charge in [-0.2, -0.15) is 4.31 Å². The lowest BCUT2D eigenvalue weighted by Crippen LogP contribution is -2.49. The maximum Gasteiger partial charge on any atom is 0.269 e. The van der Waals surface area contributed by atoms with Crippen molar-refractivity contribution < 1.29 is 13.3 Å². The average Bonchev–Trinajstić information content (AvgIpc) is 3.03. The Bertz CT molecular complexity index is 1050. The van der Waals surface area contributed by atoms with Crippen molar-refractivity contribution in [1.29, 1.82) is 0 Å². The van der Waals surface area contributed by atoms with Crippen LogP contribution >= 0.6 is 12.2 Å². The predicted molar refractivity (Wildman–Crippen MR) is 107 cm³/mol. The Hall–Kier alpha value is -2.22. The van der Waals surface area contributed by atoms with Crippen molar-refractivity contribution >= 4 is 27.9 Å². The summed E-state index contributed by atoms with van der Waals surface area (Å²) in [5, 5.41) is 19.0. The Kier molecular flexibility index (Phi) is 5.85. The highest BCUT2D eigenvalue weighted by molar-refractivity contribution is 7.89. The van der Waals surface area contributed by atoms with E-state index < -0.39 is 14.9 Å². The SMILES string of the molecule is CC(C)(C)n1nnn(CN2CCN(S(=O)(=O)c3ccc([N+](=O)[O-])cc3)CC2)c1=S. The summed E-state index contributed by atoms with van der Waals surface area (Å²) in [6, 6.07) is 4.93. The van der Waals surface area contributed by atoms with Crippen molar-refractivity contribution in [2.75, 3.05) is 26.2 Å². The van der Waals surface area contributed by atoms with E-state index in [0.717, 1.165) is 0 Å². The number of hydrogen-bond acceptors (Lipinski definition) is 8. The molecular weight excluding hydrogens is 418 g/mol. The lowest BCUT2D eigenvalue weighted by Gasteiger charge is -2.33. The van der Waals surface area contributed by atoms with Crippen LogP contribution in [0.5, 0.6) is 0 Å². The summed E-state index contributed by atoms with van der Waals surface area (Å²) in [4.78, 5) is 12.3. The molecule has 1 aromatic heterocycles. The highest BCUT2D eigenvalue weighted by Crippen LogP contribution is 2.21. The Morgan fingerprint density at radius 3 is 2.17 bits per heavy atom. The molecule has 13 heteroatoms. The third-order valence-corrected chi connectivity index (χ3v) is 6.92. The molecule has 0 N–H and O–H groups in total. The molecule has 11 nitrogen and oxygen atoms in total. The predicted octanol–water partition coefficient (Wildman–Crippen LogP) is 1.44. The van der Waals surface area contributed by atoms with Gasteiger partial charge in [-0.05, 0) is 55.5 Å². The van der Waals surface area contributed by atoms with E-state index in [4.69, 9.17) is 12.2 Å². The Morgan fingerprint density at radius 1 is 1.10 bits per heavy atom. The molecule has 1 fully saturated rings. The molecule has 0 spiro atoms. The highest BCUT2D eigenvalue weighted by Gasteiger charge is 2.29. The van der Waals surface area contributed by atoms with E-state index in [1.54, 1.807) is 9.36 Å². The minimum Gasteiger partial charge on any atom is -0.282 e. The van der Waals surface area contributed by atoms with Crippen molar-refractivity contribution in [3.8, 4) is 0 Å². The van der Waals surface area contributed by atoms with Gasteiger partial charge in [0.1, 0.15) is 0 Å². The molecule has 1 aliphatic heterocycles. The Morgan fingerprint density at radius 2 is 1.69 bits per heavy atom. The third kappa shape index (κ3) is 4.52. The number of non-ortho nitro benzene ring substituents is 1. The molecule has 1 aliphatic rings. The zero-order chi connectivity index (χ0) is 21.4. The number of nitro benzene ring substituents is 1. The first-order chi connectivity index (χ1) is 13.5. The first kappa shape index (κ1) is 21.5. The van der Waals surface area contributed by atoms with Crippen LogP contribution in [-0.4, -0.2) is 68.5 Å². The third-order valence-electron chi connectivity index (χ3n) is 4.63. The van der Waals surface area contributed by atoms with Gasteiger partial charge in [-0.15, -0.1) is 0 Å². The Labute approximate surface area is 173 Å². The minimum absolute atomic E-state index is 0.0480. The lowest BCUT2D eigenvalue weighted by molar-refractivity contribution is -0.384. The van der Waals surface area contributed by atoms with Crippen LogP contribution in [0.25, 0.3) is 0 Å². The molecule has 0 radical (unpaired) electrons. The molecule has 0 amide bonds. The van der Waals surface area contributed by atoms with Crippen LogP contribution in [0.4, 0.5) is 5.69 Å². The van der Waals surface area contributed by atoms with Gasteiger partial charge in [0.05, 0.1) is 22.0 Å². The number of aromatic nitrogens is 4. The topological polar surface area (TPSA) is 119 Å². The molecule has 0 bridgehead atoms. The van der Waals surface area contributed by atoms with Crippen molar-refractivity contribution in [2.24, 2.45) is 0 Å². The van der Waals surface area contributed by atoms with Crippen LogP contribution in [-0.2, 0) is 22.2 Å². The van der Waals surface area contributed by atoms with Crippen LogP contribution < -0.4 is 0 Å². The number of sulfonamides is 1. The van der Waals surface area contributed by atoms with Crippen molar-refractivity contribution in [2.45, 2.75) is 37.9 Å². The van der Waals surface area contributed by atoms with Crippen LogP contribution in [0.15, 0.2) is 29.2 Å². The highest BCUT2D eigenvalue weighted by atomic mass is 32.2. The molecule has 1 saturated heterocycles. The maximum atomic E-state index is 12.8. The van der Waals surface area contributed by atoms with Gasteiger partial charge in [-0.25, -0.2) is 17.8 Å². The monoisotopic (exact) mass is 441 g/mol. The number of piperazine rings is 1. The molecule has 0 unspecified atom stereocenters. The summed E-state index contributed by atoms with van der Waals surface area (Å²) < 4.78 is 30.8. The number of nitro groups is 1. The van der Waals surface area contributed by atoms with Gasteiger partial charge in [-0.3, -0.25) is 15.0 Å². The van der Waals surface area contributed by atoms with Gasteiger partial charge < -0.3 is 0 Å². The van der Waals surface area contributed by atoms with Crippen LogP contribution in [0.1, 0.15) is 20.8 Å². The second-order valence-electron chi connectivity index (χ2n) is 7.76. The fourth-order valence-electron chi connectivity index (χ4n) is 2.97. The first-order valence-corrected chi connectivity index (χ1v) is 10.9. The normalized spacial score (nSPS) is 16.8. The summed E-state index contributed by atoms with van der Waals surface area (Å²) in [5.74, 6) is 0. The summed E-state index contributed by atoms with van der Waals surface area (Å²) in [6.45, 7) is 8.03. The molecule has 1 aromatic carbocycles. The maximum absolute atomic E-state index is 12.8. The number of hydrogen-bond donors (Lipinski definition) is 0. The molecule has 3 rings (SSSR count). The van der Waals surface area contributed by atoms with E-state index in [9.17, 15) is 18.5 Å². The van der Waals surface area contributed by atoms with E-state index in [-0.39, 0.29) is 16.1 Å². The number of benzene rings is 1. The second kappa shape index (κ2) is 7.89. The average molecular weight is 442 g/mol. The smallest absolute Gasteiger partial charge is 0.269 e. The number of nitrogens with zero attached hydrogens (tertiary/aromatic N) is 7. The van der Waals surface area contributed by atoms with E-state index in [2.05, 4.69) is 15.3 Å². The van der Waals surface area contributed by atoms with Crippen LogP contribution in [0.3, 0.4) is 0 Å². The molecule has 158 valence electrons. The van der Waals surface area contributed by atoms with Crippen molar-refractivity contribution in [3.05, 3.63) is 39.2 Å². The van der Waals surface area contributed by atoms with Gasteiger partial charge >= 0.3 is 0 Å². The quantitative estimate of drug-likeness (QED) is 0.388. The summed E-state index contributed by atoms with van der Waals surface area (Å²) in [5.41, 5.74) is -0.416. The van der Waals surface area contributed by atoms with Crippen LogP contribution in [0, 0.1) is 14.9 Å². The molecule has 2 aromatic rings. The van der Waals surface area contributed by atoms with Crippen molar-refractivity contribution in [1.82, 2.24) is 29.0 Å². The fourth-order valence-corrected chi connectivity index (χ4v) is 4.80. The summed E-state index contributed by atoms with van der Waals surface area (Å²) >= 11 is 5.44. The van der Waals surface area contributed by atoms with Gasteiger partial charge in [0, 0.05) is 38.3 Å². The summed E-state index contributed by atoms with van der Waals surface area (Å²) in [7, 11) is -3.70. The molecule has 2 heterocycles. The zero-order valence-corrected chi connectivity index (χ0v) is 18.1. The fraction of sp³-hybridized carbons (Fsp3) is 0.562. The number of tetrazole rings is 1. The van der Waals surface area contributed by atoms with Gasteiger partial charge in [0.15, 0.2) is 0 Å². The van der Waals surface area contributed by atoms with Crippen molar-refractivity contribution in [3.63, 3.8) is 0 Å². The van der Waals surface area contributed by atoms with E-state index >= 15 is 0 Å². The molecule has 0 atom stereocenters. The molecule has 0 saturated carbocycles. The van der Waals surface area contributed by atoms with Gasteiger partial charge in [0.2, 0.25) is 14.8 Å². The molecule has 29 heavy (non-hydrogen) atoms. The van der Waals surface area contributed by atoms with E-state index in [1.807, 2.05) is 20.8 Å². The standard InChI is InChI=1S/C16H23N7O4S2/c1-16(2,3)22-15(28)21(17-18-22)12-19-8-10-20(11-9-19)29(26,27)14-6-4-13(5-7-14)23(24)25/h4-7H,8-12H2,1-3H3.